The summed E-state index contributed by atoms with van der Waals surface area (Å²) >= 11 is 0. The molecule has 1 saturated heterocycles. The summed E-state index contributed by atoms with van der Waals surface area (Å²) in [5.41, 5.74) is 2.79. The van der Waals surface area contributed by atoms with Crippen LogP contribution in [0.5, 0.6) is 5.75 Å². The quantitative estimate of drug-likeness (QED) is 0.625. The van der Waals surface area contributed by atoms with E-state index in [-0.39, 0.29) is 11.9 Å². The third-order valence-corrected chi connectivity index (χ3v) is 5.40. The third kappa shape index (κ3) is 5.72. The zero-order valence-corrected chi connectivity index (χ0v) is 17.7. The number of nitrogens with one attached hydrogen (secondary N) is 1. The molecule has 3 rings (SSSR count). The highest BCUT2D eigenvalue weighted by molar-refractivity contribution is 5.85. The minimum absolute atomic E-state index is 0.125. The summed E-state index contributed by atoms with van der Waals surface area (Å²) in [7, 11) is 0. The summed E-state index contributed by atoms with van der Waals surface area (Å²) in [6.07, 6.45) is 3.45. The summed E-state index contributed by atoms with van der Waals surface area (Å²) in [4.78, 5) is 17.2. The van der Waals surface area contributed by atoms with Crippen molar-refractivity contribution in [2.45, 2.75) is 45.9 Å². The Morgan fingerprint density at radius 1 is 1.31 bits per heavy atom. The van der Waals surface area contributed by atoms with Crippen LogP contribution in [0.4, 0.5) is 0 Å². The predicted molar refractivity (Wildman–Crippen MR) is 112 cm³/mol. The lowest BCUT2D eigenvalue weighted by molar-refractivity contribution is -0.132. The SMILES string of the molecule is CCN1CCN(C(=O)Cc2c(OCCC(O)NC(C)C)cc3coccc2-3)CC1. The number of rotatable bonds is 9. The zero-order chi connectivity index (χ0) is 20.8. The first-order valence-corrected chi connectivity index (χ1v) is 10.5. The molecular weight excluding hydrogens is 370 g/mol. The van der Waals surface area contributed by atoms with E-state index in [1.165, 1.54) is 0 Å². The maximum Gasteiger partial charge on any atom is 0.227 e. The molecule has 160 valence electrons. The second-order valence-corrected chi connectivity index (χ2v) is 7.88. The van der Waals surface area contributed by atoms with Crippen LogP contribution >= 0.6 is 0 Å². The van der Waals surface area contributed by atoms with Crippen LogP contribution in [0, 0.1) is 0 Å². The van der Waals surface area contributed by atoms with Gasteiger partial charge in [-0.3, -0.25) is 10.1 Å². The molecule has 0 aromatic carbocycles. The van der Waals surface area contributed by atoms with Crippen molar-refractivity contribution in [3.05, 3.63) is 30.2 Å². The van der Waals surface area contributed by atoms with Crippen LogP contribution < -0.4 is 10.1 Å². The average molecular weight is 404 g/mol. The lowest BCUT2D eigenvalue weighted by Crippen LogP contribution is -2.48. The van der Waals surface area contributed by atoms with Crippen LogP contribution in [0.15, 0.2) is 29.1 Å². The van der Waals surface area contributed by atoms with Crippen molar-refractivity contribution in [3.8, 4) is 16.9 Å². The van der Waals surface area contributed by atoms with Gasteiger partial charge in [-0.25, -0.2) is 0 Å². The lowest BCUT2D eigenvalue weighted by Gasteiger charge is -2.34. The summed E-state index contributed by atoms with van der Waals surface area (Å²) in [6.45, 7) is 10.9. The molecule has 0 aromatic heterocycles. The lowest BCUT2D eigenvalue weighted by atomic mass is 10.1. The molecule has 1 unspecified atom stereocenters. The summed E-state index contributed by atoms with van der Waals surface area (Å²) < 4.78 is 11.3. The smallest absolute Gasteiger partial charge is 0.227 e. The van der Waals surface area contributed by atoms with E-state index in [0.717, 1.165) is 49.4 Å². The standard InChI is InChI=1S/C22H33N3O4/c1-4-24-7-9-25(10-8-24)22(27)14-19-18-5-11-28-15-17(18)13-20(19)29-12-6-21(26)23-16(2)3/h5,11,13,15-16,21,23,26H,4,6-10,12,14H2,1-3H3. The molecule has 29 heavy (non-hydrogen) atoms. The van der Waals surface area contributed by atoms with Gasteiger partial charge in [0.25, 0.3) is 0 Å². The largest absolute Gasteiger partial charge is 0.493 e. The first-order chi connectivity index (χ1) is 14.0. The van der Waals surface area contributed by atoms with Gasteiger partial charge in [0.05, 0.1) is 25.6 Å². The van der Waals surface area contributed by atoms with Crippen LogP contribution in [0.2, 0.25) is 0 Å². The van der Waals surface area contributed by atoms with Crippen molar-refractivity contribution < 1.29 is 19.1 Å². The van der Waals surface area contributed by atoms with E-state index >= 15 is 0 Å². The molecule has 0 aromatic rings. The van der Waals surface area contributed by atoms with Gasteiger partial charge in [0.1, 0.15) is 12.0 Å². The number of piperazine rings is 1. The molecular formula is C22H33N3O4. The first-order valence-electron chi connectivity index (χ1n) is 10.5. The van der Waals surface area contributed by atoms with Gasteiger partial charge in [0.2, 0.25) is 5.91 Å². The van der Waals surface area contributed by atoms with E-state index in [1.807, 2.05) is 30.9 Å². The minimum atomic E-state index is -0.616. The van der Waals surface area contributed by atoms with Crippen molar-refractivity contribution in [1.82, 2.24) is 15.1 Å². The maximum atomic E-state index is 12.9. The fourth-order valence-corrected chi connectivity index (χ4v) is 3.76. The second kappa shape index (κ2) is 10.1. The zero-order valence-electron chi connectivity index (χ0n) is 17.7. The Labute approximate surface area is 173 Å². The number of carbonyl (C=O) groups excluding carboxylic acids is 1. The average Bonchev–Trinajstić information content (AvgIpc) is 3.05. The number of likely N-dealkylation sites (N-methyl/N-ethyl adjacent to an activating group) is 1. The molecule has 7 heteroatoms. The van der Waals surface area contributed by atoms with Crippen LogP contribution in [-0.2, 0) is 11.2 Å². The molecule has 3 aliphatic rings. The van der Waals surface area contributed by atoms with E-state index in [0.29, 0.717) is 25.2 Å². The number of amides is 1. The number of hydrogen-bond acceptors (Lipinski definition) is 6. The Balaban J connectivity index is 1.66. The first kappa shape index (κ1) is 21.6. The highest BCUT2D eigenvalue weighted by atomic mass is 16.5. The van der Waals surface area contributed by atoms with E-state index in [1.54, 1.807) is 12.5 Å². The van der Waals surface area contributed by atoms with Gasteiger partial charge < -0.3 is 24.1 Å². The Hall–Kier alpha value is -2.09. The molecule has 1 atom stereocenters. The normalized spacial score (nSPS) is 16.5. The number of hydrogen-bond donors (Lipinski definition) is 2. The fraction of sp³-hybridized carbons (Fsp3) is 0.591. The minimum Gasteiger partial charge on any atom is -0.493 e. The van der Waals surface area contributed by atoms with Crippen molar-refractivity contribution in [3.63, 3.8) is 0 Å². The number of aliphatic hydroxyl groups is 1. The Morgan fingerprint density at radius 2 is 2.07 bits per heavy atom. The van der Waals surface area contributed by atoms with Crippen molar-refractivity contribution in [2.24, 2.45) is 0 Å². The Morgan fingerprint density at radius 3 is 2.76 bits per heavy atom. The van der Waals surface area contributed by atoms with E-state index in [2.05, 4.69) is 17.1 Å². The van der Waals surface area contributed by atoms with Gasteiger partial charge in [-0.15, -0.1) is 0 Å². The Bertz CT molecular complexity index is 753. The van der Waals surface area contributed by atoms with Crippen LogP contribution in [0.1, 0.15) is 32.8 Å². The summed E-state index contributed by atoms with van der Waals surface area (Å²) in [5, 5.41) is 13.0. The van der Waals surface area contributed by atoms with Gasteiger partial charge in [0.15, 0.2) is 0 Å². The topological polar surface area (TPSA) is 78.2 Å². The van der Waals surface area contributed by atoms with Gasteiger partial charge in [-0.2, -0.15) is 0 Å². The third-order valence-electron chi connectivity index (χ3n) is 5.40. The van der Waals surface area contributed by atoms with Crippen LogP contribution in [-0.4, -0.2) is 72.4 Å². The van der Waals surface area contributed by atoms with Crippen LogP contribution in [0.25, 0.3) is 11.1 Å². The number of carbonyl (C=O) groups is 1. The molecule has 0 bridgehead atoms. The number of nitrogens with zero attached hydrogens (tertiary/aromatic N) is 2. The molecule has 0 saturated carbocycles. The summed E-state index contributed by atoms with van der Waals surface area (Å²) in [5.74, 6) is 0.819. The number of fused-ring (bicyclic) bond motifs is 1. The monoisotopic (exact) mass is 403 g/mol. The number of aliphatic hydroxyl groups excluding tert-OH is 1. The highest BCUT2D eigenvalue weighted by Gasteiger charge is 2.25. The molecule has 1 aliphatic carbocycles. The van der Waals surface area contributed by atoms with Crippen molar-refractivity contribution in [1.29, 1.82) is 0 Å². The molecule has 0 spiro atoms. The molecule has 2 heterocycles. The highest BCUT2D eigenvalue weighted by Crippen LogP contribution is 2.37. The van der Waals surface area contributed by atoms with Crippen molar-refractivity contribution in [2.75, 3.05) is 39.3 Å². The van der Waals surface area contributed by atoms with E-state index in [9.17, 15) is 9.90 Å². The molecule has 2 N–H and O–H groups in total. The van der Waals surface area contributed by atoms with E-state index < -0.39 is 6.23 Å². The maximum absolute atomic E-state index is 12.9. The molecule has 1 fully saturated rings. The Kier molecular flexibility index (Phi) is 7.52. The van der Waals surface area contributed by atoms with Gasteiger partial charge in [-0.05, 0) is 38.1 Å². The predicted octanol–water partition coefficient (Wildman–Crippen LogP) is 2.18. The number of ether oxygens (including phenoxy) is 1. The molecule has 1 amide bonds. The van der Waals surface area contributed by atoms with Gasteiger partial charge in [-0.1, -0.05) is 6.92 Å². The second-order valence-electron chi connectivity index (χ2n) is 7.88. The molecule has 7 nitrogen and oxygen atoms in total. The van der Waals surface area contributed by atoms with Crippen molar-refractivity contribution >= 4 is 5.91 Å². The molecule has 0 radical (unpaired) electrons. The van der Waals surface area contributed by atoms with Gasteiger partial charge >= 0.3 is 0 Å². The van der Waals surface area contributed by atoms with Gasteiger partial charge in [0, 0.05) is 49.8 Å². The molecule has 2 aliphatic heterocycles. The van der Waals surface area contributed by atoms with E-state index in [4.69, 9.17) is 9.15 Å². The fourth-order valence-electron chi connectivity index (χ4n) is 3.76. The van der Waals surface area contributed by atoms with Crippen LogP contribution in [0.3, 0.4) is 0 Å². The summed E-state index contributed by atoms with van der Waals surface area (Å²) in [6, 6.07) is 4.00.